The zero-order valence-electron chi connectivity index (χ0n) is 12.4. The summed E-state index contributed by atoms with van der Waals surface area (Å²) in [6.45, 7) is 2.72. The second-order valence-corrected chi connectivity index (χ2v) is 6.17. The van der Waals surface area contributed by atoms with Gasteiger partial charge in [0.2, 0.25) is 5.01 Å². The van der Waals surface area contributed by atoms with Gasteiger partial charge in [0, 0.05) is 11.9 Å². The average Bonchev–Trinajstić information content (AvgIpc) is 2.98. The fourth-order valence-electron chi connectivity index (χ4n) is 2.62. The molecule has 1 aliphatic rings. The van der Waals surface area contributed by atoms with Gasteiger partial charge in [0.25, 0.3) is 5.91 Å². The van der Waals surface area contributed by atoms with Gasteiger partial charge in [0.15, 0.2) is 0 Å². The number of hydrogen-bond acceptors (Lipinski definition) is 5. The van der Waals surface area contributed by atoms with E-state index in [-0.39, 0.29) is 10.9 Å². The number of hydrogen-bond donors (Lipinski definition) is 1. The van der Waals surface area contributed by atoms with E-state index < -0.39 is 5.97 Å². The molecular weight excluding hydrogens is 288 g/mol. The number of nitrogens with one attached hydrogen (secondary N) is 1. The van der Waals surface area contributed by atoms with E-state index in [1.54, 1.807) is 12.3 Å². The monoisotopic (exact) mass is 310 g/mol. The lowest BCUT2D eigenvalue weighted by molar-refractivity contribution is 0.0526. The number of nitrogens with zero attached hydrogens (tertiary/aromatic N) is 1. The van der Waals surface area contributed by atoms with E-state index in [9.17, 15) is 9.59 Å². The SMILES string of the molecule is CCOC(=O)c1nc(C(=O)NCCC2CCCCC2)cs1. The summed E-state index contributed by atoms with van der Waals surface area (Å²) in [6.07, 6.45) is 7.55. The molecule has 0 radical (unpaired) electrons. The van der Waals surface area contributed by atoms with E-state index >= 15 is 0 Å². The largest absolute Gasteiger partial charge is 0.461 e. The van der Waals surface area contributed by atoms with Crippen LogP contribution in [0, 0.1) is 5.92 Å². The second-order valence-electron chi connectivity index (χ2n) is 5.31. The van der Waals surface area contributed by atoms with Crippen molar-refractivity contribution in [3.8, 4) is 0 Å². The van der Waals surface area contributed by atoms with Crippen molar-refractivity contribution < 1.29 is 14.3 Å². The molecule has 1 aromatic rings. The van der Waals surface area contributed by atoms with Crippen molar-refractivity contribution in [3.05, 3.63) is 16.1 Å². The Balaban J connectivity index is 1.76. The van der Waals surface area contributed by atoms with Gasteiger partial charge in [-0.1, -0.05) is 32.1 Å². The number of aromatic nitrogens is 1. The van der Waals surface area contributed by atoms with Gasteiger partial charge in [-0.15, -0.1) is 11.3 Å². The van der Waals surface area contributed by atoms with Crippen molar-refractivity contribution in [2.45, 2.75) is 45.4 Å². The zero-order valence-corrected chi connectivity index (χ0v) is 13.2. The first-order chi connectivity index (χ1) is 10.2. The van der Waals surface area contributed by atoms with Crippen LogP contribution in [0.1, 0.15) is 65.7 Å². The highest BCUT2D eigenvalue weighted by molar-refractivity contribution is 7.11. The summed E-state index contributed by atoms with van der Waals surface area (Å²) in [5.41, 5.74) is 0.298. The van der Waals surface area contributed by atoms with E-state index in [1.807, 2.05) is 0 Å². The van der Waals surface area contributed by atoms with Crippen molar-refractivity contribution >= 4 is 23.2 Å². The van der Waals surface area contributed by atoms with E-state index in [0.29, 0.717) is 18.8 Å². The number of rotatable bonds is 6. The maximum absolute atomic E-state index is 12.0. The standard InChI is InChI=1S/C15H22N2O3S/c1-2-20-15(19)14-17-12(10-21-14)13(18)16-9-8-11-6-4-3-5-7-11/h10-11H,2-9H2,1H3,(H,16,18). The highest BCUT2D eigenvalue weighted by atomic mass is 32.1. The molecule has 1 saturated carbocycles. The Morgan fingerprint density at radius 1 is 1.38 bits per heavy atom. The van der Waals surface area contributed by atoms with Gasteiger partial charge in [0.05, 0.1) is 6.61 Å². The molecule has 0 spiro atoms. The van der Waals surface area contributed by atoms with Crippen LogP contribution in [0.2, 0.25) is 0 Å². The van der Waals surface area contributed by atoms with Crippen molar-refractivity contribution in [2.75, 3.05) is 13.2 Å². The Morgan fingerprint density at radius 2 is 2.14 bits per heavy atom. The fraction of sp³-hybridized carbons (Fsp3) is 0.667. The summed E-state index contributed by atoms with van der Waals surface area (Å²) < 4.78 is 4.86. The lowest BCUT2D eigenvalue weighted by atomic mass is 9.87. The highest BCUT2D eigenvalue weighted by Gasteiger charge is 2.17. The van der Waals surface area contributed by atoms with E-state index in [2.05, 4.69) is 10.3 Å². The molecule has 5 nitrogen and oxygen atoms in total. The molecule has 21 heavy (non-hydrogen) atoms. The van der Waals surface area contributed by atoms with E-state index in [1.165, 1.54) is 32.1 Å². The molecule has 1 N–H and O–H groups in total. The van der Waals surface area contributed by atoms with Gasteiger partial charge >= 0.3 is 5.97 Å². The van der Waals surface area contributed by atoms with Gasteiger partial charge in [-0.05, 0) is 19.3 Å². The van der Waals surface area contributed by atoms with Crippen LogP contribution >= 0.6 is 11.3 Å². The molecule has 6 heteroatoms. The van der Waals surface area contributed by atoms with Crippen LogP contribution in [0.25, 0.3) is 0 Å². The summed E-state index contributed by atoms with van der Waals surface area (Å²) in [7, 11) is 0. The van der Waals surface area contributed by atoms with E-state index in [0.717, 1.165) is 23.7 Å². The highest BCUT2D eigenvalue weighted by Crippen LogP contribution is 2.25. The van der Waals surface area contributed by atoms with Crippen molar-refractivity contribution in [1.29, 1.82) is 0 Å². The molecule has 1 aliphatic carbocycles. The minimum Gasteiger partial charge on any atom is -0.461 e. The molecule has 0 aliphatic heterocycles. The minimum atomic E-state index is -0.469. The van der Waals surface area contributed by atoms with Crippen molar-refractivity contribution in [1.82, 2.24) is 10.3 Å². The lowest BCUT2D eigenvalue weighted by Crippen LogP contribution is -2.26. The fourth-order valence-corrected chi connectivity index (χ4v) is 3.31. The lowest BCUT2D eigenvalue weighted by Gasteiger charge is -2.21. The van der Waals surface area contributed by atoms with E-state index in [4.69, 9.17) is 4.74 Å². The molecule has 116 valence electrons. The minimum absolute atomic E-state index is 0.211. The predicted octanol–water partition coefficient (Wildman–Crippen LogP) is 3.02. The first-order valence-corrected chi connectivity index (χ1v) is 8.49. The zero-order chi connectivity index (χ0) is 15.1. The third-order valence-electron chi connectivity index (χ3n) is 3.75. The topological polar surface area (TPSA) is 68.3 Å². The summed E-state index contributed by atoms with van der Waals surface area (Å²) in [4.78, 5) is 27.5. The summed E-state index contributed by atoms with van der Waals surface area (Å²) >= 11 is 1.14. The average molecular weight is 310 g/mol. The molecule has 0 unspecified atom stereocenters. The molecule has 0 bridgehead atoms. The molecule has 1 fully saturated rings. The molecule has 0 saturated heterocycles. The maximum atomic E-state index is 12.0. The van der Waals surface area contributed by atoms with Crippen molar-refractivity contribution in [2.24, 2.45) is 5.92 Å². The van der Waals surface area contributed by atoms with Crippen LogP contribution < -0.4 is 5.32 Å². The van der Waals surface area contributed by atoms with Gasteiger partial charge in [0.1, 0.15) is 5.69 Å². The Labute approximate surface area is 129 Å². The van der Waals surface area contributed by atoms with Gasteiger partial charge in [-0.2, -0.15) is 0 Å². The Morgan fingerprint density at radius 3 is 2.86 bits per heavy atom. The summed E-state index contributed by atoms with van der Waals surface area (Å²) in [5.74, 6) is 0.0611. The van der Waals surface area contributed by atoms with Crippen LogP contribution in [-0.4, -0.2) is 30.0 Å². The third-order valence-corrected chi connectivity index (χ3v) is 4.57. The molecule has 1 amide bonds. The number of ether oxygens (including phenoxy) is 1. The molecule has 1 heterocycles. The number of carbonyl (C=O) groups excluding carboxylic acids is 2. The quantitative estimate of drug-likeness (QED) is 0.820. The Hall–Kier alpha value is -1.43. The summed E-state index contributed by atoms with van der Waals surface area (Å²) in [6, 6.07) is 0. The second kappa shape index (κ2) is 8.12. The first kappa shape index (κ1) is 15.9. The molecule has 0 atom stereocenters. The van der Waals surface area contributed by atoms with Crippen LogP contribution in [0.5, 0.6) is 0 Å². The normalized spacial score (nSPS) is 15.7. The van der Waals surface area contributed by atoms with Crippen LogP contribution in [0.4, 0.5) is 0 Å². The number of esters is 1. The van der Waals surface area contributed by atoms with Gasteiger partial charge in [-0.3, -0.25) is 4.79 Å². The molecule has 2 rings (SSSR count). The molecular formula is C15H22N2O3S. The summed E-state index contributed by atoms with van der Waals surface area (Å²) in [5, 5.41) is 4.71. The van der Waals surface area contributed by atoms with Gasteiger partial charge < -0.3 is 10.1 Å². The predicted molar refractivity (Wildman–Crippen MR) is 81.6 cm³/mol. The van der Waals surface area contributed by atoms with Crippen LogP contribution in [-0.2, 0) is 4.74 Å². The number of amides is 1. The van der Waals surface area contributed by atoms with Crippen LogP contribution in [0.3, 0.4) is 0 Å². The number of carbonyl (C=O) groups is 2. The third kappa shape index (κ3) is 4.81. The first-order valence-electron chi connectivity index (χ1n) is 7.61. The molecule has 0 aromatic carbocycles. The maximum Gasteiger partial charge on any atom is 0.367 e. The number of thiazole rings is 1. The van der Waals surface area contributed by atoms with Crippen molar-refractivity contribution in [3.63, 3.8) is 0 Å². The van der Waals surface area contributed by atoms with Crippen LogP contribution in [0.15, 0.2) is 5.38 Å². The Kier molecular flexibility index (Phi) is 6.17. The smallest absolute Gasteiger partial charge is 0.367 e. The van der Waals surface area contributed by atoms with Gasteiger partial charge in [-0.25, -0.2) is 9.78 Å². The molecule has 1 aromatic heterocycles. The Bertz CT molecular complexity index is 481.